The normalized spacial score (nSPS) is 12.4. The Bertz CT molecular complexity index is 981. The summed E-state index contributed by atoms with van der Waals surface area (Å²) in [5, 5.41) is 0. The van der Waals surface area contributed by atoms with Crippen molar-refractivity contribution in [1.82, 2.24) is 15.0 Å². The van der Waals surface area contributed by atoms with Crippen molar-refractivity contribution in [2.24, 2.45) is 0 Å². The Morgan fingerprint density at radius 2 is 1.73 bits per heavy atom. The predicted molar refractivity (Wildman–Crippen MR) is 87.6 cm³/mol. The third kappa shape index (κ3) is 1.56. The first-order chi connectivity index (χ1) is 10.9. The Hall–Kier alpha value is -2.94. The van der Waals surface area contributed by atoms with E-state index in [1.165, 1.54) is 27.8 Å². The van der Waals surface area contributed by atoms with Gasteiger partial charge in [-0.15, -0.1) is 0 Å². The van der Waals surface area contributed by atoms with Gasteiger partial charge in [-0.1, -0.05) is 42.5 Å². The van der Waals surface area contributed by atoms with Crippen molar-refractivity contribution in [2.75, 3.05) is 0 Å². The van der Waals surface area contributed by atoms with Gasteiger partial charge in [0.1, 0.15) is 5.82 Å². The standard InChI is InChI=1S/C19H13N3/c1-2-6-14-12(4-1)10-13-5-3-7-15(18(13)14)19-21-16-8-9-20-11-17(16)22-19/h1-9,11H,10H2,(H,21,22). The highest BCUT2D eigenvalue weighted by Crippen LogP contribution is 2.42. The molecule has 0 amide bonds. The summed E-state index contributed by atoms with van der Waals surface area (Å²) in [7, 11) is 0. The highest BCUT2D eigenvalue weighted by molar-refractivity contribution is 5.90. The van der Waals surface area contributed by atoms with Crippen LogP contribution in [0.2, 0.25) is 0 Å². The van der Waals surface area contributed by atoms with E-state index in [0.29, 0.717) is 0 Å². The second-order valence-electron chi connectivity index (χ2n) is 5.65. The maximum absolute atomic E-state index is 4.74. The van der Waals surface area contributed by atoms with Gasteiger partial charge >= 0.3 is 0 Å². The molecule has 104 valence electrons. The molecule has 0 aliphatic heterocycles. The molecular weight excluding hydrogens is 270 g/mol. The van der Waals surface area contributed by atoms with Gasteiger partial charge in [-0.05, 0) is 34.7 Å². The Morgan fingerprint density at radius 1 is 0.864 bits per heavy atom. The van der Waals surface area contributed by atoms with E-state index in [0.717, 1.165) is 23.3 Å². The average Bonchev–Trinajstić information content (AvgIpc) is 3.15. The molecule has 0 bridgehead atoms. The lowest BCUT2D eigenvalue weighted by molar-refractivity contribution is 1.26. The number of pyridine rings is 1. The lowest BCUT2D eigenvalue weighted by Crippen LogP contribution is -1.87. The van der Waals surface area contributed by atoms with Gasteiger partial charge in [0, 0.05) is 11.8 Å². The molecule has 0 saturated carbocycles. The third-order valence-corrected chi connectivity index (χ3v) is 4.36. The van der Waals surface area contributed by atoms with Crippen LogP contribution in [0.5, 0.6) is 0 Å². The van der Waals surface area contributed by atoms with Gasteiger partial charge in [-0.2, -0.15) is 0 Å². The number of aromatic amines is 1. The predicted octanol–water partition coefficient (Wildman–Crippen LogP) is 4.20. The first kappa shape index (κ1) is 11.7. The molecule has 0 fully saturated rings. The zero-order chi connectivity index (χ0) is 14.5. The summed E-state index contributed by atoms with van der Waals surface area (Å²) < 4.78 is 0. The molecule has 1 aliphatic carbocycles. The minimum absolute atomic E-state index is 0.913. The maximum atomic E-state index is 4.74. The largest absolute Gasteiger partial charge is 0.337 e. The number of nitrogens with zero attached hydrogens (tertiary/aromatic N) is 2. The Kier molecular flexibility index (Phi) is 2.27. The van der Waals surface area contributed by atoms with Gasteiger partial charge in [0.2, 0.25) is 0 Å². The molecule has 3 nitrogen and oxygen atoms in total. The number of imidazole rings is 1. The molecule has 0 spiro atoms. The van der Waals surface area contributed by atoms with Gasteiger partial charge < -0.3 is 4.98 Å². The Balaban J connectivity index is 1.80. The number of aromatic nitrogens is 3. The number of hydrogen-bond donors (Lipinski definition) is 1. The second-order valence-corrected chi connectivity index (χ2v) is 5.65. The molecule has 0 saturated heterocycles. The van der Waals surface area contributed by atoms with Crippen molar-refractivity contribution in [2.45, 2.75) is 6.42 Å². The number of hydrogen-bond acceptors (Lipinski definition) is 2. The van der Waals surface area contributed by atoms with E-state index in [-0.39, 0.29) is 0 Å². The van der Waals surface area contributed by atoms with Crippen LogP contribution in [0.15, 0.2) is 60.9 Å². The van der Waals surface area contributed by atoms with Crippen LogP contribution < -0.4 is 0 Å². The maximum Gasteiger partial charge on any atom is 0.139 e. The molecule has 0 atom stereocenters. The van der Waals surface area contributed by atoms with Crippen molar-refractivity contribution in [1.29, 1.82) is 0 Å². The summed E-state index contributed by atoms with van der Waals surface area (Å²) in [5.74, 6) is 0.913. The molecule has 22 heavy (non-hydrogen) atoms. The van der Waals surface area contributed by atoms with E-state index >= 15 is 0 Å². The van der Waals surface area contributed by atoms with Crippen molar-refractivity contribution >= 4 is 11.0 Å². The molecule has 0 unspecified atom stereocenters. The lowest BCUT2D eigenvalue weighted by atomic mass is 9.99. The Morgan fingerprint density at radius 3 is 2.68 bits per heavy atom. The molecular formula is C19H13N3. The number of rotatable bonds is 1. The van der Waals surface area contributed by atoms with E-state index in [9.17, 15) is 0 Å². The van der Waals surface area contributed by atoms with Gasteiger partial charge in [-0.3, -0.25) is 4.98 Å². The minimum Gasteiger partial charge on any atom is -0.337 e. The van der Waals surface area contributed by atoms with Crippen LogP contribution in [0, 0.1) is 0 Å². The molecule has 5 rings (SSSR count). The van der Waals surface area contributed by atoms with E-state index in [4.69, 9.17) is 4.98 Å². The van der Waals surface area contributed by atoms with Crippen LogP contribution in [-0.2, 0) is 6.42 Å². The highest BCUT2D eigenvalue weighted by atomic mass is 14.9. The topological polar surface area (TPSA) is 41.6 Å². The van der Waals surface area contributed by atoms with Crippen molar-refractivity contribution in [3.8, 4) is 22.5 Å². The SMILES string of the molecule is c1ccc2c(c1)Cc1cccc(-c3nc4ccncc4[nH]3)c1-2. The van der Waals surface area contributed by atoms with Gasteiger partial charge in [0.05, 0.1) is 17.2 Å². The van der Waals surface area contributed by atoms with E-state index < -0.39 is 0 Å². The molecule has 2 aromatic carbocycles. The van der Waals surface area contributed by atoms with Crippen molar-refractivity contribution in [3.63, 3.8) is 0 Å². The number of benzene rings is 2. The number of nitrogens with one attached hydrogen (secondary N) is 1. The summed E-state index contributed by atoms with van der Waals surface area (Å²) in [5.41, 5.74) is 8.49. The van der Waals surface area contributed by atoms with Crippen molar-refractivity contribution < 1.29 is 0 Å². The molecule has 0 radical (unpaired) electrons. The highest BCUT2D eigenvalue weighted by Gasteiger charge is 2.22. The lowest BCUT2D eigenvalue weighted by Gasteiger charge is -2.07. The molecule has 3 heteroatoms. The smallest absolute Gasteiger partial charge is 0.139 e. The van der Waals surface area contributed by atoms with Crippen LogP contribution in [0.1, 0.15) is 11.1 Å². The van der Waals surface area contributed by atoms with Crippen LogP contribution >= 0.6 is 0 Å². The monoisotopic (exact) mass is 283 g/mol. The fourth-order valence-electron chi connectivity index (χ4n) is 3.37. The van der Waals surface area contributed by atoms with Crippen LogP contribution in [0.25, 0.3) is 33.5 Å². The average molecular weight is 283 g/mol. The van der Waals surface area contributed by atoms with Crippen LogP contribution in [-0.4, -0.2) is 15.0 Å². The first-order valence-corrected chi connectivity index (χ1v) is 7.40. The summed E-state index contributed by atoms with van der Waals surface area (Å²) >= 11 is 0. The summed E-state index contributed by atoms with van der Waals surface area (Å²) in [4.78, 5) is 12.3. The second kappa shape index (κ2) is 4.28. The van der Waals surface area contributed by atoms with E-state index in [1.54, 1.807) is 6.20 Å². The fraction of sp³-hybridized carbons (Fsp3) is 0.0526. The van der Waals surface area contributed by atoms with Crippen LogP contribution in [0.4, 0.5) is 0 Å². The fourth-order valence-corrected chi connectivity index (χ4v) is 3.37. The number of fused-ring (bicyclic) bond motifs is 4. The molecule has 1 N–H and O–H groups in total. The van der Waals surface area contributed by atoms with E-state index in [1.807, 2.05) is 12.3 Å². The summed E-state index contributed by atoms with van der Waals surface area (Å²) in [6, 6.07) is 17.0. The first-order valence-electron chi connectivity index (χ1n) is 7.40. The van der Waals surface area contributed by atoms with Gasteiger partial charge in [0.25, 0.3) is 0 Å². The molecule has 2 heterocycles. The zero-order valence-electron chi connectivity index (χ0n) is 11.9. The Labute approximate surface area is 127 Å². The summed E-state index contributed by atoms with van der Waals surface area (Å²) in [6.07, 6.45) is 4.60. The minimum atomic E-state index is 0.913. The molecule has 4 aromatic rings. The number of H-pyrrole nitrogens is 1. The van der Waals surface area contributed by atoms with Crippen molar-refractivity contribution in [3.05, 3.63) is 72.1 Å². The molecule has 1 aliphatic rings. The summed E-state index contributed by atoms with van der Waals surface area (Å²) in [6.45, 7) is 0. The quantitative estimate of drug-likeness (QED) is 0.501. The van der Waals surface area contributed by atoms with E-state index in [2.05, 4.69) is 52.4 Å². The van der Waals surface area contributed by atoms with Gasteiger partial charge in [0.15, 0.2) is 0 Å². The zero-order valence-corrected chi connectivity index (χ0v) is 11.9. The molecule has 2 aromatic heterocycles. The van der Waals surface area contributed by atoms with Crippen LogP contribution in [0.3, 0.4) is 0 Å². The van der Waals surface area contributed by atoms with Gasteiger partial charge in [-0.25, -0.2) is 4.98 Å². The third-order valence-electron chi connectivity index (χ3n) is 4.36.